The Bertz CT molecular complexity index is 631. The first-order valence-electron chi connectivity index (χ1n) is 10.2. The number of rotatable bonds is 15. The van der Waals surface area contributed by atoms with Crippen molar-refractivity contribution in [1.29, 1.82) is 0 Å². The summed E-state index contributed by atoms with van der Waals surface area (Å²) >= 11 is 0. The zero-order valence-electron chi connectivity index (χ0n) is 18.1. The summed E-state index contributed by atoms with van der Waals surface area (Å²) in [5.74, 6) is 0.0783. The van der Waals surface area contributed by atoms with Crippen LogP contribution in [0.15, 0.2) is 24.3 Å². The molecule has 0 aliphatic rings. The van der Waals surface area contributed by atoms with E-state index < -0.39 is 14.8 Å². The van der Waals surface area contributed by atoms with Gasteiger partial charge in [0.25, 0.3) is 0 Å². The predicted molar refractivity (Wildman–Crippen MR) is 114 cm³/mol. The first kappa shape index (κ1) is 25.2. The second-order valence-electron chi connectivity index (χ2n) is 6.11. The molecule has 1 atom stereocenters. The van der Waals surface area contributed by atoms with E-state index in [4.69, 9.17) is 27.9 Å². The molecule has 0 spiro atoms. The Morgan fingerprint density at radius 2 is 1.62 bits per heavy atom. The van der Waals surface area contributed by atoms with E-state index in [0.717, 1.165) is 12.5 Å². The van der Waals surface area contributed by atoms with Crippen LogP contribution in [-0.2, 0) is 18.1 Å². The van der Waals surface area contributed by atoms with E-state index in [2.05, 4.69) is 6.92 Å². The molecular formula is C21H34O7Si. The summed E-state index contributed by atoms with van der Waals surface area (Å²) in [5, 5.41) is 8.84. The van der Waals surface area contributed by atoms with Crippen LogP contribution in [0.2, 0.25) is 0 Å². The zero-order valence-corrected chi connectivity index (χ0v) is 19.1. The summed E-state index contributed by atoms with van der Waals surface area (Å²) in [5.41, 5.74) is 0.324. The maximum absolute atomic E-state index is 10.8. The van der Waals surface area contributed by atoms with Crippen LogP contribution in [-0.4, -0.2) is 52.0 Å². The lowest BCUT2D eigenvalue weighted by atomic mass is 10.2. The van der Waals surface area contributed by atoms with Crippen LogP contribution in [0.1, 0.15) is 53.0 Å². The number of carboxylic acids is 1. The van der Waals surface area contributed by atoms with Gasteiger partial charge in [0.05, 0.1) is 6.61 Å². The molecule has 7 nitrogen and oxygen atoms in total. The van der Waals surface area contributed by atoms with Gasteiger partial charge >= 0.3 is 14.8 Å². The van der Waals surface area contributed by atoms with Crippen LogP contribution in [0.4, 0.5) is 0 Å². The second kappa shape index (κ2) is 13.4. The smallest absolute Gasteiger partial charge is 0.490 e. The van der Waals surface area contributed by atoms with E-state index in [-0.39, 0.29) is 5.73 Å². The van der Waals surface area contributed by atoms with Gasteiger partial charge < -0.3 is 27.9 Å². The van der Waals surface area contributed by atoms with Crippen LogP contribution in [0, 0.1) is 0 Å². The minimum absolute atomic E-state index is 0.382. The lowest BCUT2D eigenvalue weighted by Gasteiger charge is -2.35. The Morgan fingerprint density at radius 3 is 2.10 bits per heavy atom. The van der Waals surface area contributed by atoms with Crippen molar-refractivity contribution >= 4 is 20.8 Å². The quantitative estimate of drug-likeness (QED) is 0.330. The number of hydrogen-bond donors (Lipinski definition) is 1. The van der Waals surface area contributed by atoms with Crippen molar-refractivity contribution in [2.45, 2.75) is 53.2 Å². The summed E-state index contributed by atoms with van der Waals surface area (Å²) in [6.07, 6.45) is 4.18. The number of ether oxygens (including phenoxy) is 2. The van der Waals surface area contributed by atoms with Crippen molar-refractivity contribution in [3.63, 3.8) is 0 Å². The molecule has 164 valence electrons. The fourth-order valence-corrected chi connectivity index (χ4v) is 5.82. The van der Waals surface area contributed by atoms with Gasteiger partial charge in [-0.05, 0) is 57.9 Å². The highest BCUT2D eigenvalue weighted by Crippen LogP contribution is 2.33. The maximum atomic E-state index is 10.8. The molecule has 0 radical (unpaired) electrons. The van der Waals surface area contributed by atoms with E-state index in [1.54, 1.807) is 18.2 Å². The molecule has 0 aliphatic heterocycles. The summed E-state index contributed by atoms with van der Waals surface area (Å²) < 4.78 is 30.2. The monoisotopic (exact) mass is 426 g/mol. The molecule has 0 aromatic heterocycles. The summed E-state index contributed by atoms with van der Waals surface area (Å²) in [6.45, 7) is 11.5. The molecule has 0 amide bonds. The molecule has 1 unspecified atom stereocenters. The first-order chi connectivity index (χ1) is 14.0. The number of aliphatic carboxylic acids is 1. The van der Waals surface area contributed by atoms with E-state index >= 15 is 0 Å². The van der Waals surface area contributed by atoms with E-state index in [1.165, 1.54) is 6.08 Å². The lowest BCUT2D eigenvalue weighted by molar-refractivity contribution is -0.131. The highest BCUT2D eigenvalue weighted by atomic mass is 28.4. The molecule has 1 N–H and O–H groups in total. The Labute approximate surface area is 174 Å². The van der Waals surface area contributed by atoms with Gasteiger partial charge in [-0.2, -0.15) is 0 Å². The Morgan fingerprint density at radius 1 is 1.00 bits per heavy atom. The van der Waals surface area contributed by atoms with Crippen molar-refractivity contribution < 1.29 is 32.7 Å². The molecule has 0 aliphatic carbocycles. The molecular weight excluding hydrogens is 392 g/mol. The van der Waals surface area contributed by atoms with Crippen molar-refractivity contribution in [1.82, 2.24) is 0 Å². The highest BCUT2D eigenvalue weighted by molar-refractivity contribution is 6.62. The standard InChI is InChI=1S/C21H34O7Si/c1-6-11-21(29(25-8-3,26-9-4)27-10-5)28-18-14-12-17(13-15-20(22)23)16-19(18)24-7-2/h12-16,21H,6-11H2,1-5H3,(H,22,23)/b15-13+. The van der Waals surface area contributed by atoms with Crippen LogP contribution >= 0.6 is 0 Å². The fourth-order valence-electron chi connectivity index (χ4n) is 2.89. The van der Waals surface area contributed by atoms with Crippen LogP contribution in [0.5, 0.6) is 11.5 Å². The van der Waals surface area contributed by atoms with Crippen molar-refractivity contribution in [3.05, 3.63) is 29.8 Å². The number of hydrogen-bond acceptors (Lipinski definition) is 6. The fraction of sp³-hybridized carbons (Fsp3) is 0.571. The van der Waals surface area contributed by atoms with Gasteiger partial charge in [0.1, 0.15) is 0 Å². The molecule has 0 fully saturated rings. The van der Waals surface area contributed by atoms with Gasteiger partial charge in [-0.1, -0.05) is 19.4 Å². The van der Waals surface area contributed by atoms with Gasteiger partial charge in [0.2, 0.25) is 0 Å². The molecule has 29 heavy (non-hydrogen) atoms. The number of carboxylic acid groups (broad SMARTS) is 1. The van der Waals surface area contributed by atoms with Crippen molar-refractivity contribution in [2.24, 2.45) is 0 Å². The van der Waals surface area contributed by atoms with Gasteiger partial charge in [0, 0.05) is 25.9 Å². The van der Waals surface area contributed by atoms with Gasteiger partial charge in [-0.25, -0.2) is 4.79 Å². The molecule has 8 heteroatoms. The highest BCUT2D eigenvalue weighted by Gasteiger charge is 2.51. The lowest BCUT2D eigenvalue weighted by Crippen LogP contribution is -2.59. The molecule has 0 heterocycles. The maximum Gasteiger partial charge on any atom is 0.543 e. The van der Waals surface area contributed by atoms with E-state index in [9.17, 15) is 4.79 Å². The third kappa shape index (κ3) is 7.81. The molecule has 0 bridgehead atoms. The zero-order chi connectivity index (χ0) is 21.7. The topological polar surface area (TPSA) is 83.5 Å². The largest absolute Gasteiger partial charge is 0.543 e. The molecule has 0 saturated carbocycles. The van der Waals surface area contributed by atoms with Crippen LogP contribution < -0.4 is 9.47 Å². The van der Waals surface area contributed by atoms with Crippen molar-refractivity contribution in [2.75, 3.05) is 26.4 Å². The van der Waals surface area contributed by atoms with E-state index in [1.807, 2.05) is 27.7 Å². The minimum atomic E-state index is -3.09. The van der Waals surface area contributed by atoms with Crippen molar-refractivity contribution in [3.8, 4) is 11.5 Å². The van der Waals surface area contributed by atoms with Gasteiger partial charge in [-0.3, -0.25) is 0 Å². The summed E-state index contributed by atoms with van der Waals surface area (Å²) in [7, 11) is -3.09. The van der Waals surface area contributed by atoms with Crippen LogP contribution in [0.25, 0.3) is 6.08 Å². The van der Waals surface area contributed by atoms with Gasteiger partial charge in [0.15, 0.2) is 17.2 Å². The third-order valence-corrected chi connectivity index (χ3v) is 7.21. The number of carbonyl (C=O) groups is 1. The Kier molecular flexibility index (Phi) is 11.6. The summed E-state index contributed by atoms with van der Waals surface area (Å²) in [6, 6.07) is 5.32. The Balaban J connectivity index is 3.28. The molecule has 1 aromatic carbocycles. The Hall–Kier alpha value is -1.87. The van der Waals surface area contributed by atoms with Gasteiger partial charge in [-0.15, -0.1) is 0 Å². The average molecular weight is 427 g/mol. The number of benzene rings is 1. The molecule has 1 rings (SSSR count). The van der Waals surface area contributed by atoms with Crippen LogP contribution in [0.3, 0.4) is 0 Å². The van der Waals surface area contributed by atoms with E-state index in [0.29, 0.717) is 49.9 Å². The molecule has 1 aromatic rings. The SMILES string of the molecule is CCCC(Oc1ccc(/C=C/C(=O)O)cc1OCC)[Si](OCC)(OCC)OCC. The predicted octanol–water partition coefficient (Wildman–Crippen LogP) is 4.32. The first-order valence-corrected chi connectivity index (χ1v) is 12.0. The minimum Gasteiger partial charge on any atom is -0.490 e. The normalized spacial score (nSPS) is 12.9. The second-order valence-corrected chi connectivity index (χ2v) is 8.83. The summed E-state index contributed by atoms with van der Waals surface area (Å²) in [4.78, 5) is 10.8. The molecule has 0 saturated heterocycles. The average Bonchev–Trinajstić information content (AvgIpc) is 2.68. The third-order valence-electron chi connectivity index (χ3n) is 3.94.